The van der Waals surface area contributed by atoms with Gasteiger partial charge in [0.1, 0.15) is 5.58 Å². The summed E-state index contributed by atoms with van der Waals surface area (Å²) >= 11 is 0. The summed E-state index contributed by atoms with van der Waals surface area (Å²) in [4.78, 5) is 14.7. The minimum atomic E-state index is -0.0840. The predicted octanol–water partition coefficient (Wildman–Crippen LogP) is 3.96. The molecule has 26 heavy (non-hydrogen) atoms. The van der Waals surface area contributed by atoms with Crippen molar-refractivity contribution in [2.24, 2.45) is 0 Å². The molecular formula is C21H21NO4. The van der Waals surface area contributed by atoms with Crippen molar-refractivity contribution in [3.8, 4) is 11.5 Å². The Kier molecular flexibility index (Phi) is 4.07. The van der Waals surface area contributed by atoms with E-state index in [0.717, 1.165) is 34.3 Å². The molecule has 0 spiro atoms. The lowest BCUT2D eigenvalue weighted by molar-refractivity contribution is 0.0704. The first-order valence-electron chi connectivity index (χ1n) is 8.62. The van der Waals surface area contributed by atoms with Gasteiger partial charge < -0.3 is 18.8 Å². The second-order valence-corrected chi connectivity index (χ2v) is 6.60. The highest BCUT2D eigenvalue weighted by Gasteiger charge is 2.25. The van der Waals surface area contributed by atoms with Crippen molar-refractivity contribution in [2.75, 3.05) is 20.8 Å². The summed E-state index contributed by atoms with van der Waals surface area (Å²) in [6, 6.07) is 11.7. The van der Waals surface area contributed by atoms with Gasteiger partial charge in [-0.3, -0.25) is 4.79 Å². The van der Waals surface area contributed by atoms with Gasteiger partial charge in [-0.15, -0.1) is 0 Å². The molecule has 0 bridgehead atoms. The van der Waals surface area contributed by atoms with Gasteiger partial charge >= 0.3 is 0 Å². The average molecular weight is 351 g/mol. The van der Waals surface area contributed by atoms with E-state index in [1.54, 1.807) is 14.2 Å². The number of rotatable bonds is 3. The SMILES string of the molecule is COc1cc2c(cc1OC)CN(C(=O)c1cc3cc(C)ccc3o1)CC2. The van der Waals surface area contributed by atoms with E-state index in [0.29, 0.717) is 24.6 Å². The standard InChI is InChI=1S/C21H21NO4/c1-13-4-5-17-15(8-13)10-20(26-17)21(23)22-7-6-14-9-18(24-2)19(25-3)11-16(14)12-22/h4-5,8-11H,6-7,12H2,1-3H3. The third-order valence-corrected chi connectivity index (χ3v) is 4.89. The van der Waals surface area contributed by atoms with Gasteiger partial charge in [0.25, 0.3) is 5.91 Å². The van der Waals surface area contributed by atoms with Crippen molar-refractivity contribution < 1.29 is 18.7 Å². The first-order valence-corrected chi connectivity index (χ1v) is 8.62. The van der Waals surface area contributed by atoms with Crippen molar-refractivity contribution >= 4 is 16.9 Å². The smallest absolute Gasteiger partial charge is 0.289 e. The zero-order valence-corrected chi connectivity index (χ0v) is 15.2. The highest BCUT2D eigenvalue weighted by atomic mass is 16.5. The highest BCUT2D eigenvalue weighted by Crippen LogP contribution is 2.33. The van der Waals surface area contributed by atoms with E-state index in [1.807, 2.05) is 48.2 Å². The van der Waals surface area contributed by atoms with Crippen LogP contribution in [0.1, 0.15) is 27.2 Å². The molecule has 1 aliphatic rings. The van der Waals surface area contributed by atoms with E-state index in [-0.39, 0.29) is 5.91 Å². The number of carbonyl (C=O) groups is 1. The molecule has 1 aromatic heterocycles. The van der Waals surface area contributed by atoms with Crippen LogP contribution in [0.25, 0.3) is 11.0 Å². The van der Waals surface area contributed by atoms with Gasteiger partial charge in [0.05, 0.1) is 14.2 Å². The lowest BCUT2D eigenvalue weighted by Gasteiger charge is -2.29. The van der Waals surface area contributed by atoms with Crippen LogP contribution in [-0.2, 0) is 13.0 Å². The number of hydrogen-bond acceptors (Lipinski definition) is 4. The highest BCUT2D eigenvalue weighted by molar-refractivity contribution is 5.96. The Hall–Kier alpha value is -2.95. The normalized spacial score (nSPS) is 13.6. The maximum Gasteiger partial charge on any atom is 0.289 e. The van der Waals surface area contributed by atoms with Crippen LogP contribution in [0.15, 0.2) is 40.8 Å². The molecule has 0 fully saturated rings. The Morgan fingerprint density at radius 3 is 2.50 bits per heavy atom. The number of carbonyl (C=O) groups excluding carboxylic acids is 1. The first kappa shape index (κ1) is 16.5. The van der Waals surface area contributed by atoms with Crippen LogP contribution in [0.2, 0.25) is 0 Å². The van der Waals surface area contributed by atoms with E-state index < -0.39 is 0 Å². The number of amides is 1. The van der Waals surface area contributed by atoms with E-state index in [1.165, 1.54) is 5.56 Å². The summed E-state index contributed by atoms with van der Waals surface area (Å²) in [5.41, 5.74) is 4.15. The molecule has 5 nitrogen and oxygen atoms in total. The quantitative estimate of drug-likeness (QED) is 0.717. The molecule has 0 unspecified atom stereocenters. The number of furan rings is 1. The van der Waals surface area contributed by atoms with Crippen molar-refractivity contribution in [2.45, 2.75) is 19.9 Å². The Morgan fingerprint density at radius 1 is 1.04 bits per heavy atom. The number of aryl methyl sites for hydroxylation is 1. The number of methoxy groups -OCH3 is 2. The lowest BCUT2D eigenvalue weighted by Crippen LogP contribution is -2.35. The molecule has 0 aliphatic carbocycles. The molecular weight excluding hydrogens is 330 g/mol. The number of benzene rings is 2. The minimum Gasteiger partial charge on any atom is -0.493 e. The van der Waals surface area contributed by atoms with Gasteiger partial charge in [-0.1, -0.05) is 11.6 Å². The van der Waals surface area contributed by atoms with Crippen LogP contribution < -0.4 is 9.47 Å². The molecule has 0 atom stereocenters. The average Bonchev–Trinajstić information content (AvgIpc) is 3.08. The summed E-state index contributed by atoms with van der Waals surface area (Å²) in [6.45, 7) is 3.21. The summed E-state index contributed by atoms with van der Waals surface area (Å²) in [5.74, 6) is 1.70. The van der Waals surface area contributed by atoms with Gasteiger partial charge in [0, 0.05) is 18.5 Å². The molecule has 1 amide bonds. The molecule has 0 radical (unpaired) electrons. The van der Waals surface area contributed by atoms with E-state index in [4.69, 9.17) is 13.9 Å². The van der Waals surface area contributed by atoms with Gasteiger partial charge in [-0.05, 0) is 54.8 Å². The molecule has 0 saturated heterocycles. The minimum absolute atomic E-state index is 0.0840. The van der Waals surface area contributed by atoms with Crippen LogP contribution >= 0.6 is 0 Å². The van der Waals surface area contributed by atoms with Crippen molar-refractivity contribution in [3.63, 3.8) is 0 Å². The van der Waals surface area contributed by atoms with E-state index >= 15 is 0 Å². The Balaban J connectivity index is 1.62. The molecule has 2 aromatic carbocycles. The third-order valence-electron chi connectivity index (χ3n) is 4.89. The molecule has 1 aliphatic heterocycles. The predicted molar refractivity (Wildman–Crippen MR) is 98.9 cm³/mol. The van der Waals surface area contributed by atoms with Gasteiger partial charge in [0.2, 0.25) is 0 Å². The second-order valence-electron chi connectivity index (χ2n) is 6.60. The summed E-state index contributed by atoms with van der Waals surface area (Å²) in [5, 5.41) is 0.956. The second kappa shape index (κ2) is 6.41. The van der Waals surface area contributed by atoms with Crippen LogP contribution in [0, 0.1) is 6.92 Å². The van der Waals surface area contributed by atoms with Crippen molar-refractivity contribution in [3.05, 3.63) is 58.8 Å². The number of hydrogen-bond donors (Lipinski definition) is 0. The first-order chi connectivity index (χ1) is 12.6. The van der Waals surface area contributed by atoms with Crippen LogP contribution in [0.5, 0.6) is 11.5 Å². The van der Waals surface area contributed by atoms with Crippen LogP contribution in [0.3, 0.4) is 0 Å². The zero-order valence-electron chi connectivity index (χ0n) is 15.2. The third kappa shape index (κ3) is 2.79. The Bertz CT molecular complexity index is 989. The number of fused-ring (bicyclic) bond motifs is 2. The van der Waals surface area contributed by atoms with Crippen LogP contribution in [-0.4, -0.2) is 31.6 Å². The molecule has 5 heteroatoms. The van der Waals surface area contributed by atoms with E-state index in [2.05, 4.69) is 0 Å². The Labute approximate surface area is 152 Å². The fourth-order valence-corrected chi connectivity index (χ4v) is 3.48. The molecule has 2 heterocycles. The monoisotopic (exact) mass is 351 g/mol. The summed E-state index contributed by atoms with van der Waals surface area (Å²) < 4.78 is 16.5. The largest absolute Gasteiger partial charge is 0.493 e. The number of nitrogens with zero attached hydrogens (tertiary/aromatic N) is 1. The molecule has 0 saturated carbocycles. The van der Waals surface area contributed by atoms with Gasteiger partial charge in [-0.25, -0.2) is 0 Å². The van der Waals surface area contributed by atoms with Gasteiger partial charge in [-0.2, -0.15) is 0 Å². The fraction of sp³-hybridized carbons (Fsp3) is 0.286. The lowest BCUT2D eigenvalue weighted by atomic mass is 9.98. The topological polar surface area (TPSA) is 51.9 Å². The molecule has 3 aromatic rings. The van der Waals surface area contributed by atoms with Crippen molar-refractivity contribution in [1.82, 2.24) is 4.90 Å². The summed E-state index contributed by atoms with van der Waals surface area (Å²) in [7, 11) is 3.25. The maximum atomic E-state index is 12.9. The molecule has 4 rings (SSSR count). The molecule has 134 valence electrons. The molecule has 0 N–H and O–H groups in total. The Morgan fingerprint density at radius 2 is 1.77 bits per heavy atom. The van der Waals surface area contributed by atoms with Crippen LogP contribution in [0.4, 0.5) is 0 Å². The number of ether oxygens (including phenoxy) is 2. The summed E-state index contributed by atoms with van der Waals surface area (Å²) in [6.07, 6.45) is 0.779. The maximum absolute atomic E-state index is 12.9. The van der Waals surface area contributed by atoms with Gasteiger partial charge in [0.15, 0.2) is 17.3 Å². The fourth-order valence-electron chi connectivity index (χ4n) is 3.48. The van der Waals surface area contributed by atoms with E-state index in [9.17, 15) is 4.79 Å². The zero-order chi connectivity index (χ0) is 18.3. The van der Waals surface area contributed by atoms with Crippen molar-refractivity contribution in [1.29, 1.82) is 0 Å².